The second-order valence-electron chi connectivity index (χ2n) is 4.97. The molecule has 1 aromatic heterocycles. The van der Waals surface area contributed by atoms with Crippen molar-refractivity contribution < 1.29 is 4.79 Å². The highest BCUT2D eigenvalue weighted by Gasteiger charge is 2.09. The zero-order valence-corrected chi connectivity index (χ0v) is 13.6. The second kappa shape index (κ2) is 6.46. The summed E-state index contributed by atoms with van der Waals surface area (Å²) in [5, 5.41) is 4.70. The number of nitrogens with zero attached hydrogens (tertiary/aromatic N) is 1. The van der Waals surface area contributed by atoms with E-state index in [1.165, 1.54) is 10.9 Å². The number of aryl methyl sites for hydroxylation is 1. The number of carbonyl (C=O) groups is 1. The molecule has 0 unspecified atom stereocenters. The van der Waals surface area contributed by atoms with Crippen LogP contribution < -0.4 is 5.32 Å². The van der Waals surface area contributed by atoms with E-state index in [9.17, 15) is 4.79 Å². The lowest BCUT2D eigenvalue weighted by Gasteiger charge is -2.04. The molecule has 0 atom stereocenters. The molecule has 0 saturated heterocycles. The molecule has 3 nitrogen and oxygen atoms in total. The van der Waals surface area contributed by atoms with Gasteiger partial charge < -0.3 is 9.88 Å². The topological polar surface area (TPSA) is 34.0 Å². The molecule has 0 fully saturated rings. The van der Waals surface area contributed by atoms with Gasteiger partial charge >= 0.3 is 0 Å². The maximum atomic E-state index is 12.0. The summed E-state index contributed by atoms with van der Waals surface area (Å²) in [7, 11) is 2.01. The number of rotatable bonds is 4. The van der Waals surface area contributed by atoms with Gasteiger partial charge in [0.25, 0.3) is 0 Å². The zero-order chi connectivity index (χ0) is 15.5. The maximum absolute atomic E-state index is 12.0. The number of amides is 1. The number of benzene rings is 2. The number of aromatic nitrogens is 1. The molecule has 5 heteroatoms. The molecule has 1 heterocycles. The highest BCUT2D eigenvalue weighted by Crippen LogP contribution is 2.29. The van der Waals surface area contributed by atoms with Gasteiger partial charge in [-0.3, -0.25) is 4.79 Å². The molecule has 0 radical (unpaired) electrons. The van der Waals surface area contributed by atoms with E-state index in [2.05, 4.69) is 28.2 Å². The molecule has 3 aromatic rings. The molecule has 0 spiro atoms. The van der Waals surface area contributed by atoms with E-state index in [1.54, 1.807) is 36.0 Å². The molecule has 0 aliphatic rings. The summed E-state index contributed by atoms with van der Waals surface area (Å²) in [5.74, 6) is 0.344. The monoisotopic (exact) mass is 330 g/mol. The first-order valence-corrected chi connectivity index (χ1v) is 8.22. The highest BCUT2D eigenvalue weighted by atomic mass is 35.5. The van der Waals surface area contributed by atoms with E-state index in [-0.39, 0.29) is 5.91 Å². The quantitative estimate of drug-likeness (QED) is 0.711. The molecule has 0 saturated carbocycles. The number of fused-ring (bicyclic) bond motifs is 1. The summed E-state index contributed by atoms with van der Waals surface area (Å²) in [6.45, 7) is 0. The minimum Gasteiger partial charge on any atom is -0.349 e. The fourth-order valence-electron chi connectivity index (χ4n) is 2.29. The van der Waals surface area contributed by atoms with Crippen molar-refractivity contribution in [3.8, 4) is 0 Å². The van der Waals surface area contributed by atoms with Crippen LogP contribution >= 0.6 is 23.4 Å². The Labute approximate surface area is 138 Å². The third kappa shape index (κ3) is 3.29. The summed E-state index contributed by atoms with van der Waals surface area (Å²) in [6.07, 6.45) is 2.06. The van der Waals surface area contributed by atoms with Crippen LogP contribution in [-0.2, 0) is 11.8 Å². The Hall–Kier alpha value is -1.91. The van der Waals surface area contributed by atoms with Gasteiger partial charge in [-0.2, -0.15) is 0 Å². The largest absolute Gasteiger partial charge is 0.349 e. The fraction of sp³-hybridized carbons (Fsp3) is 0.118. The molecule has 1 N–H and O–H groups in total. The molecule has 0 aliphatic heterocycles. The Kier molecular flexibility index (Phi) is 4.41. The van der Waals surface area contributed by atoms with Crippen LogP contribution in [0.2, 0.25) is 5.02 Å². The average Bonchev–Trinajstić information content (AvgIpc) is 2.85. The summed E-state index contributed by atoms with van der Waals surface area (Å²) >= 11 is 7.37. The molecule has 2 aromatic carbocycles. The van der Waals surface area contributed by atoms with Gasteiger partial charge in [-0.25, -0.2) is 0 Å². The molecule has 1 amide bonds. The number of para-hydroxylation sites is 1. The van der Waals surface area contributed by atoms with Gasteiger partial charge in [-0.05, 0) is 30.3 Å². The van der Waals surface area contributed by atoms with Crippen molar-refractivity contribution >= 4 is 45.9 Å². The van der Waals surface area contributed by atoms with E-state index >= 15 is 0 Å². The van der Waals surface area contributed by atoms with Crippen molar-refractivity contribution in [3.05, 3.63) is 59.8 Å². The van der Waals surface area contributed by atoms with Crippen molar-refractivity contribution in [2.45, 2.75) is 4.90 Å². The molecule has 3 rings (SSSR count). The van der Waals surface area contributed by atoms with Crippen molar-refractivity contribution in [3.63, 3.8) is 0 Å². The molecular weight excluding hydrogens is 316 g/mol. The fourth-order valence-corrected chi connectivity index (χ4v) is 3.34. The summed E-state index contributed by atoms with van der Waals surface area (Å²) in [6, 6.07) is 15.3. The summed E-state index contributed by atoms with van der Waals surface area (Å²) in [5.41, 5.74) is 1.93. The molecule has 112 valence electrons. The van der Waals surface area contributed by atoms with Crippen LogP contribution in [0.5, 0.6) is 0 Å². The lowest BCUT2D eigenvalue weighted by molar-refractivity contribution is -0.113. The van der Waals surface area contributed by atoms with Gasteiger partial charge in [0.15, 0.2) is 0 Å². The van der Waals surface area contributed by atoms with Gasteiger partial charge in [-0.1, -0.05) is 29.8 Å². The zero-order valence-electron chi connectivity index (χ0n) is 12.0. The van der Waals surface area contributed by atoms with E-state index in [4.69, 9.17) is 11.6 Å². The van der Waals surface area contributed by atoms with Crippen molar-refractivity contribution in [2.75, 3.05) is 11.1 Å². The molecule has 0 aliphatic carbocycles. The summed E-state index contributed by atoms with van der Waals surface area (Å²) in [4.78, 5) is 13.2. The number of anilines is 1. The van der Waals surface area contributed by atoms with Gasteiger partial charge in [0, 0.05) is 39.8 Å². The van der Waals surface area contributed by atoms with Gasteiger partial charge in [0.1, 0.15) is 0 Å². The molecule has 0 bridgehead atoms. The normalized spacial score (nSPS) is 10.8. The minimum absolute atomic E-state index is 0.0275. The Morgan fingerprint density at radius 1 is 1.18 bits per heavy atom. The summed E-state index contributed by atoms with van der Waals surface area (Å²) < 4.78 is 2.08. The number of nitrogens with one attached hydrogen (secondary N) is 1. The maximum Gasteiger partial charge on any atom is 0.234 e. The first-order valence-electron chi connectivity index (χ1n) is 6.86. The predicted molar refractivity (Wildman–Crippen MR) is 93.7 cm³/mol. The predicted octanol–water partition coefficient (Wildman–Crippen LogP) is 4.56. The van der Waals surface area contributed by atoms with Crippen LogP contribution in [0.15, 0.2) is 59.6 Å². The molecule has 22 heavy (non-hydrogen) atoms. The third-order valence-corrected chi connectivity index (χ3v) is 4.64. The SMILES string of the molecule is Cn1cc(SCC(=O)Nc2ccc(Cl)cc2)c2ccccc21. The van der Waals surface area contributed by atoms with Crippen LogP contribution in [0.4, 0.5) is 5.69 Å². The van der Waals surface area contributed by atoms with Crippen molar-refractivity contribution in [1.29, 1.82) is 0 Å². The van der Waals surface area contributed by atoms with Crippen LogP contribution in [-0.4, -0.2) is 16.2 Å². The number of thioether (sulfide) groups is 1. The smallest absolute Gasteiger partial charge is 0.234 e. The average molecular weight is 331 g/mol. The first kappa shape index (κ1) is 15.0. The van der Waals surface area contributed by atoms with E-state index in [0.29, 0.717) is 10.8 Å². The Balaban J connectivity index is 1.66. The van der Waals surface area contributed by atoms with Crippen LogP contribution in [0.1, 0.15) is 0 Å². The van der Waals surface area contributed by atoms with Crippen molar-refractivity contribution in [2.24, 2.45) is 7.05 Å². The number of carbonyl (C=O) groups excluding carboxylic acids is 1. The van der Waals surface area contributed by atoms with Crippen LogP contribution in [0, 0.1) is 0 Å². The van der Waals surface area contributed by atoms with Gasteiger partial charge in [0.05, 0.1) is 5.75 Å². The van der Waals surface area contributed by atoms with E-state index in [0.717, 1.165) is 10.6 Å². The van der Waals surface area contributed by atoms with Crippen LogP contribution in [0.25, 0.3) is 10.9 Å². The molecular formula is C17H15ClN2OS. The van der Waals surface area contributed by atoms with E-state index in [1.807, 2.05) is 19.2 Å². The van der Waals surface area contributed by atoms with Crippen molar-refractivity contribution in [1.82, 2.24) is 4.57 Å². The lowest BCUT2D eigenvalue weighted by atomic mass is 10.2. The Morgan fingerprint density at radius 2 is 1.91 bits per heavy atom. The van der Waals surface area contributed by atoms with Gasteiger partial charge in [0.2, 0.25) is 5.91 Å². The van der Waals surface area contributed by atoms with E-state index < -0.39 is 0 Å². The third-order valence-electron chi connectivity index (χ3n) is 3.35. The number of hydrogen-bond acceptors (Lipinski definition) is 2. The number of hydrogen-bond donors (Lipinski definition) is 1. The van der Waals surface area contributed by atoms with Crippen LogP contribution in [0.3, 0.4) is 0 Å². The first-order chi connectivity index (χ1) is 10.6. The standard InChI is InChI=1S/C17H15ClN2OS/c1-20-10-16(14-4-2-3-5-15(14)20)22-11-17(21)19-13-8-6-12(18)7-9-13/h2-10H,11H2,1H3,(H,19,21). The Bertz CT molecular complexity index is 811. The van der Waals surface area contributed by atoms with Gasteiger partial charge in [-0.15, -0.1) is 11.8 Å². The number of halogens is 1. The minimum atomic E-state index is -0.0275. The Morgan fingerprint density at radius 3 is 2.68 bits per heavy atom. The lowest BCUT2D eigenvalue weighted by Crippen LogP contribution is -2.13. The second-order valence-corrected chi connectivity index (χ2v) is 6.42. The highest BCUT2D eigenvalue weighted by molar-refractivity contribution is 8.00.